The van der Waals surface area contributed by atoms with Crippen molar-refractivity contribution in [3.05, 3.63) is 99.0 Å². The van der Waals surface area contributed by atoms with E-state index in [0.717, 1.165) is 22.3 Å². The smallest absolute Gasteiger partial charge is 0.326 e. The van der Waals surface area contributed by atoms with Crippen LogP contribution in [0.2, 0.25) is 10.0 Å². The van der Waals surface area contributed by atoms with Crippen molar-refractivity contribution in [3.63, 3.8) is 0 Å². The van der Waals surface area contributed by atoms with Gasteiger partial charge in [0.1, 0.15) is 23.4 Å². The van der Waals surface area contributed by atoms with Crippen LogP contribution < -0.4 is 4.74 Å². The Morgan fingerprint density at radius 1 is 0.894 bits per heavy atom. The van der Waals surface area contributed by atoms with Gasteiger partial charge in [-0.2, -0.15) is 0 Å². The van der Waals surface area contributed by atoms with Crippen molar-refractivity contribution in [2.75, 3.05) is 39.3 Å². The van der Waals surface area contributed by atoms with Crippen LogP contribution in [-0.4, -0.2) is 71.7 Å². The Morgan fingerprint density at radius 2 is 1.47 bits per heavy atom. The lowest BCUT2D eigenvalue weighted by Crippen LogP contribution is -2.54. The summed E-state index contributed by atoms with van der Waals surface area (Å²) in [6.45, 7) is 13.8. The highest BCUT2D eigenvalue weighted by Gasteiger charge is 2.45. The number of hydrogen-bond donors (Lipinski definition) is 0. The number of halogens is 3. The fourth-order valence-corrected chi connectivity index (χ4v) is 6.19. The third kappa shape index (κ3) is 8.88. The van der Waals surface area contributed by atoms with Gasteiger partial charge in [-0.25, -0.2) is 4.79 Å². The Balaban J connectivity index is 0.00000300. The van der Waals surface area contributed by atoms with Gasteiger partial charge in [0, 0.05) is 49.2 Å². The Morgan fingerprint density at radius 3 is 2.00 bits per heavy atom. The molecule has 2 amide bonds. The summed E-state index contributed by atoms with van der Waals surface area (Å²) in [6.07, 6.45) is 0.517. The van der Waals surface area contributed by atoms with Gasteiger partial charge in [0.25, 0.3) is 0 Å². The second kappa shape index (κ2) is 16.3. The molecule has 0 saturated carbocycles. The zero-order chi connectivity index (χ0) is 32.3. The second-order valence-corrected chi connectivity index (χ2v) is 13.6. The second-order valence-electron chi connectivity index (χ2n) is 12.8. The molecule has 0 radical (unpaired) electrons. The zero-order valence-electron chi connectivity index (χ0n) is 27.1. The van der Waals surface area contributed by atoms with Gasteiger partial charge in [-0.1, -0.05) is 81.7 Å². The molecule has 5 rings (SSSR count). The summed E-state index contributed by atoms with van der Waals surface area (Å²) >= 11 is 12.6. The molecule has 1 saturated heterocycles. The van der Waals surface area contributed by atoms with Crippen LogP contribution in [0.25, 0.3) is 0 Å². The van der Waals surface area contributed by atoms with Gasteiger partial charge in [0.05, 0.1) is 18.2 Å². The number of urea groups is 1. The number of aliphatic imine (C=N–C) groups is 1. The van der Waals surface area contributed by atoms with Gasteiger partial charge in [-0.15, -0.1) is 12.4 Å². The van der Waals surface area contributed by atoms with Crippen LogP contribution in [0.5, 0.6) is 5.75 Å². The first-order chi connectivity index (χ1) is 21.5. The SMILES string of the molecule is C.CCOc1cc(C(C)(C)C)ccc1C1=N[C@@H](c2ccc(Cl)cc2)[C@@H](c2ccc(Cl)cc2)N1C(=O)N1CCN(CCC(C)=O)CC1.Cl. The molecule has 10 heteroatoms. The molecule has 7 nitrogen and oxygen atoms in total. The molecule has 0 spiro atoms. The predicted molar refractivity (Wildman–Crippen MR) is 196 cm³/mol. The molecule has 0 aromatic heterocycles. The highest BCUT2D eigenvalue weighted by Crippen LogP contribution is 2.46. The molecule has 0 bridgehead atoms. The van der Waals surface area contributed by atoms with E-state index in [4.69, 9.17) is 32.9 Å². The molecule has 3 aromatic carbocycles. The summed E-state index contributed by atoms with van der Waals surface area (Å²) in [4.78, 5) is 37.6. The van der Waals surface area contributed by atoms with E-state index in [1.165, 1.54) is 0 Å². The lowest BCUT2D eigenvalue weighted by atomic mass is 9.86. The summed E-state index contributed by atoms with van der Waals surface area (Å²) < 4.78 is 6.23. The van der Waals surface area contributed by atoms with E-state index in [9.17, 15) is 9.59 Å². The van der Waals surface area contributed by atoms with Crippen LogP contribution in [0.15, 0.2) is 71.7 Å². The highest BCUT2D eigenvalue weighted by atomic mass is 35.5. The molecule has 47 heavy (non-hydrogen) atoms. The zero-order valence-corrected chi connectivity index (χ0v) is 29.5. The van der Waals surface area contributed by atoms with Crippen LogP contribution in [0.1, 0.15) is 82.8 Å². The standard InChI is InChI=1S/C36H42Cl2N4O3.CH4.ClH/c1-6-45-31-23-27(36(3,4)5)11-16-30(31)34-39-32(25-7-12-28(37)13-8-25)33(26-9-14-29(38)15-10-26)42(34)35(44)41-21-19-40(20-22-41)18-17-24(2)43;;/h7-16,23,32-33H,6,17-22H2,1-5H3;1H4;1H/t32-,33+;;/m0../s1. The molecule has 1 fully saturated rings. The van der Waals surface area contributed by atoms with E-state index in [1.54, 1.807) is 6.92 Å². The van der Waals surface area contributed by atoms with Crippen molar-refractivity contribution in [3.8, 4) is 5.75 Å². The molecule has 2 aliphatic rings. The number of piperazine rings is 1. The monoisotopic (exact) mass is 700 g/mol. The maximum Gasteiger partial charge on any atom is 0.326 e. The van der Waals surface area contributed by atoms with Gasteiger partial charge in [-0.3, -0.25) is 19.6 Å². The molecule has 0 N–H and O–H groups in total. The number of Topliss-reactive ketones (excluding diaryl/α,β-unsaturated/α-hetero) is 1. The van der Waals surface area contributed by atoms with E-state index < -0.39 is 12.1 Å². The average molecular weight is 702 g/mol. The fraction of sp³-hybridized carbons (Fsp3) is 0.432. The minimum atomic E-state index is -0.432. The van der Waals surface area contributed by atoms with Gasteiger partial charge in [0.15, 0.2) is 0 Å². The summed E-state index contributed by atoms with van der Waals surface area (Å²) in [7, 11) is 0. The summed E-state index contributed by atoms with van der Waals surface area (Å²) in [5, 5.41) is 1.26. The molecular formula is C37H47Cl3N4O3. The number of hydrogen-bond acceptors (Lipinski definition) is 5. The van der Waals surface area contributed by atoms with E-state index in [-0.39, 0.29) is 37.1 Å². The summed E-state index contributed by atoms with van der Waals surface area (Å²) in [6, 6.07) is 20.6. The third-order valence-electron chi connectivity index (χ3n) is 8.51. The molecular weight excluding hydrogens is 655 g/mol. The molecule has 3 aromatic rings. The maximum atomic E-state index is 14.7. The van der Waals surface area contributed by atoms with Crippen molar-refractivity contribution in [2.45, 2.75) is 66.0 Å². The van der Waals surface area contributed by atoms with Crippen LogP contribution in [0.3, 0.4) is 0 Å². The number of carbonyl (C=O) groups excluding carboxylic acids is 2. The number of ether oxygens (including phenoxy) is 1. The Hall–Kier alpha value is -3.10. The van der Waals surface area contributed by atoms with Crippen LogP contribution in [-0.2, 0) is 10.2 Å². The molecule has 0 unspecified atom stereocenters. The summed E-state index contributed by atoms with van der Waals surface area (Å²) in [5.41, 5.74) is 3.70. The van der Waals surface area contributed by atoms with Gasteiger partial charge in [0.2, 0.25) is 0 Å². The summed E-state index contributed by atoms with van der Waals surface area (Å²) in [5.74, 6) is 1.44. The Labute approximate surface area is 296 Å². The maximum absolute atomic E-state index is 14.7. The normalized spacial score (nSPS) is 18.2. The Kier molecular flexibility index (Phi) is 13.3. The lowest BCUT2D eigenvalue weighted by Gasteiger charge is -2.39. The topological polar surface area (TPSA) is 65.5 Å². The number of ketones is 1. The van der Waals surface area contributed by atoms with Crippen molar-refractivity contribution < 1.29 is 14.3 Å². The largest absolute Gasteiger partial charge is 0.493 e. The first-order valence-electron chi connectivity index (χ1n) is 15.6. The van der Waals surface area contributed by atoms with E-state index in [2.05, 4.69) is 37.8 Å². The van der Waals surface area contributed by atoms with Crippen LogP contribution in [0, 0.1) is 0 Å². The fourth-order valence-electron chi connectivity index (χ4n) is 5.93. The number of amides is 2. The first kappa shape index (κ1) is 38.3. The first-order valence-corrected chi connectivity index (χ1v) is 16.4. The van der Waals surface area contributed by atoms with E-state index >= 15 is 0 Å². The van der Waals surface area contributed by atoms with Crippen molar-refractivity contribution in [2.24, 2.45) is 4.99 Å². The number of nitrogens with zero attached hydrogens (tertiary/aromatic N) is 4. The van der Waals surface area contributed by atoms with Gasteiger partial charge >= 0.3 is 6.03 Å². The molecule has 2 heterocycles. The minimum absolute atomic E-state index is 0. The number of benzene rings is 3. The van der Waals surface area contributed by atoms with Crippen molar-refractivity contribution in [1.82, 2.24) is 14.7 Å². The van der Waals surface area contributed by atoms with Gasteiger partial charge in [-0.05, 0) is 72.4 Å². The van der Waals surface area contributed by atoms with E-state index in [1.807, 2.05) is 71.3 Å². The van der Waals surface area contributed by atoms with Crippen LogP contribution in [0.4, 0.5) is 4.79 Å². The highest BCUT2D eigenvalue weighted by molar-refractivity contribution is 6.30. The quantitative estimate of drug-likeness (QED) is 0.235. The third-order valence-corrected chi connectivity index (χ3v) is 9.01. The molecule has 0 aliphatic carbocycles. The van der Waals surface area contributed by atoms with E-state index in [0.29, 0.717) is 67.4 Å². The molecule has 2 atom stereocenters. The van der Waals surface area contributed by atoms with Crippen molar-refractivity contribution in [1.29, 1.82) is 0 Å². The van der Waals surface area contributed by atoms with Crippen LogP contribution >= 0.6 is 35.6 Å². The minimum Gasteiger partial charge on any atom is -0.493 e. The average Bonchev–Trinajstić information content (AvgIpc) is 3.40. The van der Waals surface area contributed by atoms with Crippen molar-refractivity contribution >= 4 is 53.3 Å². The Bertz CT molecular complexity index is 1550. The molecule has 2 aliphatic heterocycles. The molecule has 254 valence electrons. The van der Waals surface area contributed by atoms with Gasteiger partial charge < -0.3 is 9.64 Å². The predicted octanol–water partition coefficient (Wildman–Crippen LogP) is 9.01. The number of rotatable bonds is 8. The lowest BCUT2D eigenvalue weighted by molar-refractivity contribution is -0.117. The number of carbonyl (C=O) groups is 2. The number of amidine groups is 1.